The zero-order valence-electron chi connectivity index (χ0n) is 16.3. The number of carbonyl (C=O) groups is 1. The van der Waals surface area contributed by atoms with Crippen LogP contribution in [0.3, 0.4) is 0 Å². The molecule has 1 N–H and O–H groups in total. The molecule has 0 spiro atoms. The van der Waals surface area contributed by atoms with Gasteiger partial charge in [0.05, 0.1) is 19.3 Å². The van der Waals surface area contributed by atoms with Crippen LogP contribution in [0.2, 0.25) is 0 Å². The van der Waals surface area contributed by atoms with Gasteiger partial charge in [-0.2, -0.15) is 0 Å². The van der Waals surface area contributed by atoms with E-state index in [4.69, 9.17) is 14.5 Å². The molecule has 146 valence electrons. The fourth-order valence-corrected chi connectivity index (χ4v) is 3.84. The van der Waals surface area contributed by atoms with Gasteiger partial charge in [-0.25, -0.2) is 9.79 Å². The van der Waals surface area contributed by atoms with Crippen molar-refractivity contribution in [3.63, 3.8) is 0 Å². The Labute approximate surface area is 169 Å². The molecule has 0 aliphatic carbocycles. The number of aliphatic imine (C=N–C) groups is 1. The fraction of sp³-hybridized carbons (Fsp3) is 0.273. The predicted octanol–water partition coefficient (Wildman–Crippen LogP) is 4.47. The molecule has 6 heteroatoms. The number of carbonyl (C=O) groups excluding carboxylic acids is 1. The highest BCUT2D eigenvalue weighted by Crippen LogP contribution is 2.33. The molecule has 1 aliphatic rings. The van der Waals surface area contributed by atoms with Gasteiger partial charge in [0.1, 0.15) is 11.8 Å². The third-order valence-corrected chi connectivity index (χ3v) is 5.32. The monoisotopic (exact) mass is 396 g/mol. The van der Waals surface area contributed by atoms with Gasteiger partial charge in [-0.1, -0.05) is 54.2 Å². The molecule has 2 aromatic rings. The third-order valence-electron chi connectivity index (χ3n) is 4.36. The minimum Gasteiger partial charge on any atom is -0.497 e. The van der Waals surface area contributed by atoms with E-state index in [0.29, 0.717) is 12.2 Å². The molecule has 3 rings (SSSR count). The summed E-state index contributed by atoms with van der Waals surface area (Å²) >= 11 is 1.60. The standard InChI is InChI=1S/C22H24N2O3S/c1-4-27-21(25)19-15(2)23-22(24-20(19)17-8-6-5-7-9-17)28-14-16-10-12-18(26-3)13-11-16/h5-13,20H,4,14H2,1-3H3,(H,23,24)/t20-/m0/s1. The quantitative estimate of drug-likeness (QED) is 0.730. The van der Waals surface area contributed by atoms with Gasteiger partial charge in [0.25, 0.3) is 0 Å². The van der Waals surface area contributed by atoms with Crippen LogP contribution in [-0.2, 0) is 15.3 Å². The van der Waals surface area contributed by atoms with Crippen LogP contribution in [0.1, 0.15) is 31.0 Å². The molecule has 28 heavy (non-hydrogen) atoms. The van der Waals surface area contributed by atoms with Crippen LogP contribution in [0.5, 0.6) is 5.75 Å². The van der Waals surface area contributed by atoms with Crippen molar-refractivity contribution in [3.05, 3.63) is 77.0 Å². The average molecular weight is 397 g/mol. The summed E-state index contributed by atoms with van der Waals surface area (Å²) in [6.07, 6.45) is 0. The second kappa shape index (κ2) is 9.46. The minimum absolute atomic E-state index is 0.329. The molecule has 2 aromatic carbocycles. The van der Waals surface area contributed by atoms with E-state index < -0.39 is 0 Å². The van der Waals surface area contributed by atoms with Crippen LogP contribution in [-0.4, -0.2) is 24.9 Å². The largest absolute Gasteiger partial charge is 0.497 e. The smallest absolute Gasteiger partial charge is 0.338 e. The number of thioether (sulfide) groups is 1. The summed E-state index contributed by atoms with van der Waals surface area (Å²) in [7, 11) is 1.66. The molecule has 0 bridgehead atoms. The van der Waals surface area contributed by atoms with Gasteiger partial charge < -0.3 is 14.8 Å². The minimum atomic E-state index is -0.375. The van der Waals surface area contributed by atoms with Crippen LogP contribution in [0.15, 0.2) is 70.9 Å². The first-order chi connectivity index (χ1) is 13.6. The van der Waals surface area contributed by atoms with Crippen LogP contribution in [0.25, 0.3) is 0 Å². The van der Waals surface area contributed by atoms with Gasteiger partial charge in [0.2, 0.25) is 0 Å². The number of amidine groups is 1. The maximum atomic E-state index is 12.5. The highest BCUT2D eigenvalue weighted by atomic mass is 32.2. The van der Waals surface area contributed by atoms with E-state index in [0.717, 1.165) is 27.9 Å². The first-order valence-electron chi connectivity index (χ1n) is 9.15. The van der Waals surface area contributed by atoms with Gasteiger partial charge in [-0.05, 0) is 37.1 Å². The van der Waals surface area contributed by atoms with Crippen molar-refractivity contribution >= 4 is 22.9 Å². The van der Waals surface area contributed by atoms with Crippen LogP contribution in [0.4, 0.5) is 0 Å². The van der Waals surface area contributed by atoms with Gasteiger partial charge >= 0.3 is 5.97 Å². The van der Waals surface area contributed by atoms with E-state index in [2.05, 4.69) is 5.32 Å². The molecule has 0 unspecified atom stereocenters. The number of hydrogen-bond acceptors (Lipinski definition) is 6. The number of esters is 1. The maximum Gasteiger partial charge on any atom is 0.338 e. The van der Waals surface area contributed by atoms with Gasteiger partial charge in [0.15, 0.2) is 5.17 Å². The van der Waals surface area contributed by atoms with E-state index >= 15 is 0 Å². The molecule has 0 radical (unpaired) electrons. The Kier molecular flexibility index (Phi) is 6.76. The molecule has 0 fully saturated rings. The SMILES string of the molecule is CCOC(=O)C1=C(C)NC(SCc2ccc(OC)cc2)=N[C@H]1c1ccccc1. The van der Waals surface area contributed by atoms with Crippen molar-refractivity contribution in [1.82, 2.24) is 5.32 Å². The number of nitrogens with zero attached hydrogens (tertiary/aromatic N) is 1. The Morgan fingerprint density at radius 1 is 1.14 bits per heavy atom. The third kappa shape index (κ3) is 4.75. The van der Waals surface area contributed by atoms with Crippen molar-refractivity contribution in [2.45, 2.75) is 25.6 Å². The zero-order chi connectivity index (χ0) is 19.9. The molecule has 1 heterocycles. The van der Waals surface area contributed by atoms with Gasteiger partial charge in [-0.3, -0.25) is 0 Å². The lowest BCUT2D eigenvalue weighted by Gasteiger charge is -2.25. The average Bonchev–Trinajstić information content (AvgIpc) is 2.73. The summed E-state index contributed by atoms with van der Waals surface area (Å²) in [5.74, 6) is 1.27. The highest BCUT2D eigenvalue weighted by Gasteiger charge is 2.30. The molecule has 0 saturated carbocycles. The molecule has 1 atom stereocenters. The lowest BCUT2D eigenvalue weighted by Crippen LogP contribution is -2.30. The fourth-order valence-electron chi connectivity index (χ4n) is 2.94. The summed E-state index contributed by atoms with van der Waals surface area (Å²) in [4.78, 5) is 17.4. The van der Waals surface area contributed by atoms with Crippen molar-refractivity contribution in [2.75, 3.05) is 13.7 Å². The summed E-state index contributed by atoms with van der Waals surface area (Å²) in [6, 6.07) is 17.4. The number of ether oxygens (including phenoxy) is 2. The number of methoxy groups -OCH3 is 1. The molecular weight excluding hydrogens is 372 g/mol. The van der Waals surface area contributed by atoms with Crippen molar-refractivity contribution < 1.29 is 14.3 Å². The lowest BCUT2D eigenvalue weighted by atomic mass is 9.97. The molecule has 0 amide bonds. The van der Waals surface area contributed by atoms with Crippen molar-refractivity contribution in [3.8, 4) is 5.75 Å². The van der Waals surface area contributed by atoms with E-state index in [9.17, 15) is 4.79 Å². The highest BCUT2D eigenvalue weighted by molar-refractivity contribution is 8.13. The molecule has 5 nitrogen and oxygen atoms in total. The number of nitrogens with one attached hydrogen (secondary N) is 1. The van der Waals surface area contributed by atoms with Gasteiger partial charge in [0, 0.05) is 11.4 Å². The second-order valence-electron chi connectivity index (χ2n) is 6.27. The molecule has 0 aromatic heterocycles. The van der Waals surface area contributed by atoms with Crippen LogP contribution in [0, 0.1) is 0 Å². The van der Waals surface area contributed by atoms with E-state index in [-0.39, 0.29) is 12.0 Å². The summed E-state index contributed by atoms with van der Waals surface area (Å²) in [5, 5.41) is 4.05. The Balaban J connectivity index is 1.81. The van der Waals surface area contributed by atoms with Gasteiger partial charge in [-0.15, -0.1) is 0 Å². The van der Waals surface area contributed by atoms with E-state index in [1.165, 1.54) is 5.56 Å². The normalized spacial score (nSPS) is 16.2. The molecule has 1 aliphatic heterocycles. The Morgan fingerprint density at radius 3 is 2.50 bits per heavy atom. The Hall–Kier alpha value is -2.73. The van der Waals surface area contributed by atoms with Crippen molar-refractivity contribution in [2.24, 2.45) is 4.99 Å². The van der Waals surface area contributed by atoms with Crippen LogP contribution >= 0.6 is 11.8 Å². The summed E-state index contributed by atoms with van der Waals surface area (Å²) in [6.45, 7) is 4.03. The predicted molar refractivity (Wildman–Crippen MR) is 113 cm³/mol. The first-order valence-corrected chi connectivity index (χ1v) is 10.1. The molecular formula is C22H24N2O3S. The topological polar surface area (TPSA) is 59.9 Å². The van der Waals surface area contributed by atoms with Crippen molar-refractivity contribution in [1.29, 1.82) is 0 Å². The maximum absolute atomic E-state index is 12.5. The summed E-state index contributed by atoms with van der Waals surface area (Å²) < 4.78 is 10.5. The van der Waals surface area contributed by atoms with Crippen LogP contribution < -0.4 is 10.1 Å². The van der Waals surface area contributed by atoms with E-state index in [1.54, 1.807) is 25.8 Å². The first kappa shape index (κ1) is 20.0. The molecule has 0 saturated heterocycles. The number of hydrogen-bond donors (Lipinski definition) is 1. The lowest BCUT2D eigenvalue weighted by molar-refractivity contribution is -0.138. The van der Waals surface area contributed by atoms with E-state index in [1.807, 2.05) is 61.5 Å². The number of benzene rings is 2. The number of allylic oxidation sites excluding steroid dienone is 1. The zero-order valence-corrected chi connectivity index (χ0v) is 17.1. The Morgan fingerprint density at radius 2 is 1.86 bits per heavy atom. The summed E-state index contributed by atoms with van der Waals surface area (Å²) in [5.41, 5.74) is 3.47. The number of rotatable bonds is 6. The second-order valence-corrected chi connectivity index (χ2v) is 7.23. The Bertz CT molecular complexity index is 876.